The highest BCUT2D eigenvalue weighted by atomic mass is 16.6. The SMILES string of the molecule is C#CCN(C(=O)NCCCC[C@H](NC(=O)N[C@@H](CCC(=O)OC(C)(C)C)C(=O)OC(C)(C)C)C(C)(C)C)c1ccncc1. The maximum absolute atomic E-state index is 13.1. The summed E-state index contributed by atoms with van der Waals surface area (Å²) in [5, 5.41) is 8.59. The zero-order chi connectivity index (χ0) is 32.8. The monoisotopic (exact) mass is 601 g/mol. The zero-order valence-corrected chi connectivity index (χ0v) is 27.3. The molecule has 0 aliphatic heterocycles. The van der Waals surface area contributed by atoms with Crippen LogP contribution in [0, 0.1) is 17.8 Å². The Kier molecular flexibility index (Phi) is 14.5. The Hall–Kier alpha value is -3.81. The topological polar surface area (TPSA) is 139 Å². The first-order valence-corrected chi connectivity index (χ1v) is 14.7. The fraction of sp³-hybridized carbons (Fsp3) is 0.656. The molecule has 1 heterocycles. The number of aromatic nitrogens is 1. The third-order valence-electron chi connectivity index (χ3n) is 6.07. The van der Waals surface area contributed by atoms with Crippen LogP contribution >= 0.6 is 0 Å². The molecule has 11 nitrogen and oxygen atoms in total. The molecule has 2 atom stereocenters. The molecule has 0 spiro atoms. The van der Waals surface area contributed by atoms with Gasteiger partial charge in [0.1, 0.15) is 17.2 Å². The van der Waals surface area contributed by atoms with Gasteiger partial charge in [0.15, 0.2) is 0 Å². The van der Waals surface area contributed by atoms with Gasteiger partial charge in [0.25, 0.3) is 0 Å². The average molecular weight is 602 g/mol. The van der Waals surface area contributed by atoms with Crippen LogP contribution in [0.1, 0.15) is 94.4 Å². The summed E-state index contributed by atoms with van der Waals surface area (Å²) in [6.07, 6.45) is 10.7. The number of esters is 2. The van der Waals surface area contributed by atoms with E-state index in [4.69, 9.17) is 15.9 Å². The van der Waals surface area contributed by atoms with Gasteiger partial charge < -0.3 is 25.4 Å². The highest BCUT2D eigenvalue weighted by Crippen LogP contribution is 2.24. The lowest BCUT2D eigenvalue weighted by molar-refractivity contribution is -0.158. The van der Waals surface area contributed by atoms with Crippen molar-refractivity contribution in [2.45, 2.75) is 118 Å². The van der Waals surface area contributed by atoms with E-state index >= 15 is 0 Å². The molecule has 4 amide bonds. The largest absolute Gasteiger partial charge is 0.460 e. The number of anilines is 1. The number of nitrogens with one attached hydrogen (secondary N) is 3. The Morgan fingerprint density at radius 3 is 2.05 bits per heavy atom. The number of terminal acetylenes is 1. The Morgan fingerprint density at radius 1 is 0.907 bits per heavy atom. The molecule has 11 heteroatoms. The maximum atomic E-state index is 13.1. The molecule has 0 radical (unpaired) electrons. The highest BCUT2D eigenvalue weighted by molar-refractivity contribution is 5.92. The average Bonchev–Trinajstić information content (AvgIpc) is 2.86. The van der Waals surface area contributed by atoms with E-state index in [0.717, 1.165) is 6.42 Å². The van der Waals surface area contributed by atoms with Crippen LogP contribution in [0.2, 0.25) is 0 Å². The summed E-state index contributed by atoms with van der Waals surface area (Å²) in [6.45, 7) is 17.1. The number of carbonyl (C=O) groups excluding carboxylic acids is 4. The minimum Gasteiger partial charge on any atom is -0.460 e. The van der Waals surface area contributed by atoms with Crippen LogP contribution in [-0.2, 0) is 19.1 Å². The van der Waals surface area contributed by atoms with E-state index in [9.17, 15) is 19.2 Å². The van der Waals surface area contributed by atoms with Gasteiger partial charge in [-0.15, -0.1) is 6.42 Å². The summed E-state index contributed by atoms with van der Waals surface area (Å²) in [5.74, 6) is 1.41. The number of hydrogen-bond acceptors (Lipinski definition) is 7. The van der Waals surface area contributed by atoms with Crippen molar-refractivity contribution in [2.75, 3.05) is 18.0 Å². The summed E-state index contributed by atoms with van der Waals surface area (Å²) in [5.41, 5.74) is -1.06. The smallest absolute Gasteiger partial charge is 0.329 e. The van der Waals surface area contributed by atoms with Crippen molar-refractivity contribution >= 4 is 29.7 Å². The number of carbonyl (C=O) groups is 4. The Bertz CT molecular complexity index is 1100. The zero-order valence-electron chi connectivity index (χ0n) is 27.3. The molecule has 3 N–H and O–H groups in total. The lowest BCUT2D eigenvalue weighted by Crippen LogP contribution is -2.53. The van der Waals surface area contributed by atoms with Crippen LogP contribution < -0.4 is 20.9 Å². The summed E-state index contributed by atoms with van der Waals surface area (Å²) < 4.78 is 10.8. The van der Waals surface area contributed by atoms with Crippen LogP contribution in [0.4, 0.5) is 15.3 Å². The van der Waals surface area contributed by atoms with Gasteiger partial charge in [-0.2, -0.15) is 0 Å². The van der Waals surface area contributed by atoms with E-state index in [2.05, 4.69) is 26.9 Å². The molecule has 0 bridgehead atoms. The molecule has 1 aromatic rings. The Labute approximate surface area is 257 Å². The van der Waals surface area contributed by atoms with Crippen molar-refractivity contribution in [2.24, 2.45) is 5.41 Å². The minimum atomic E-state index is -1.03. The predicted molar refractivity (Wildman–Crippen MR) is 167 cm³/mol. The molecule has 0 saturated heterocycles. The summed E-state index contributed by atoms with van der Waals surface area (Å²) in [4.78, 5) is 56.4. The van der Waals surface area contributed by atoms with E-state index in [1.165, 1.54) is 4.90 Å². The molecule has 0 saturated carbocycles. The molecule has 1 rings (SSSR count). The van der Waals surface area contributed by atoms with Crippen molar-refractivity contribution in [1.82, 2.24) is 20.9 Å². The number of ether oxygens (including phenoxy) is 2. The van der Waals surface area contributed by atoms with Crippen LogP contribution in [0.15, 0.2) is 24.5 Å². The number of urea groups is 2. The van der Waals surface area contributed by atoms with Crippen molar-refractivity contribution in [1.29, 1.82) is 0 Å². The van der Waals surface area contributed by atoms with Gasteiger partial charge in [0.05, 0.1) is 6.54 Å². The molecule has 240 valence electrons. The third-order valence-corrected chi connectivity index (χ3v) is 6.07. The van der Waals surface area contributed by atoms with Crippen molar-refractivity contribution < 1.29 is 28.7 Å². The Balaban J connectivity index is 2.74. The van der Waals surface area contributed by atoms with E-state index in [1.807, 2.05) is 20.8 Å². The molecule has 0 aliphatic carbocycles. The number of nitrogens with zero attached hydrogens (tertiary/aromatic N) is 2. The van der Waals surface area contributed by atoms with Crippen molar-refractivity contribution in [3.8, 4) is 12.3 Å². The van der Waals surface area contributed by atoms with E-state index in [-0.39, 0.29) is 36.9 Å². The number of amides is 4. The van der Waals surface area contributed by atoms with E-state index in [1.54, 1.807) is 66.1 Å². The van der Waals surface area contributed by atoms with Gasteiger partial charge in [-0.1, -0.05) is 26.7 Å². The quantitative estimate of drug-likeness (QED) is 0.165. The van der Waals surface area contributed by atoms with Crippen molar-refractivity contribution in [3.63, 3.8) is 0 Å². The molecule has 1 aromatic heterocycles. The number of pyridine rings is 1. The lowest BCUT2D eigenvalue weighted by atomic mass is 9.84. The lowest BCUT2D eigenvalue weighted by Gasteiger charge is -2.32. The van der Waals surface area contributed by atoms with Gasteiger partial charge >= 0.3 is 24.0 Å². The first-order chi connectivity index (χ1) is 19.8. The summed E-state index contributed by atoms with van der Waals surface area (Å²) in [7, 11) is 0. The number of unbranched alkanes of at least 4 members (excludes halogenated alkanes) is 1. The summed E-state index contributed by atoms with van der Waals surface area (Å²) in [6, 6.07) is 1.33. The number of rotatable bonds is 13. The van der Waals surface area contributed by atoms with Crippen molar-refractivity contribution in [3.05, 3.63) is 24.5 Å². The second kappa shape index (κ2) is 16.7. The molecular weight excluding hydrogens is 550 g/mol. The van der Waals surface area contributed by atoms with Gasteiger partial charge in [-0.25, -0.2) is 14.4 Å². The second-order valence-electron chi connectivity index (χ2n) is 13.5. The van der Waals surface area contributed by atoms with Gasteiger partial charge in [-0.3, -0.25) is 14.7 Å². The molecule has 43 heavy (non-hydrogen) atoms. The maximum Gasteiger partial charge on any atom is 0.329 e. The second-order valence-corrected chi connectivity index (χ2v) is 13.5. The fourth-order valence-corrected chi connectivity index (χ4v) is 4.02. The van der Waals surface area contributed by atoms with Crippen LogP contribution in [0.3, 0.4) is 0 Å². The first kappa shape index (κ1) is 37.2. The van der Waals surface area contributed by atoms with E-state index in [0.29, 0.717) is 25.1 Å². The Morgan fingerprint density at radius 2 is 1.51 bits per heavy atom. The number of hydrogen-bond donors (Lipinski definition) is 3. The van der Waals surface area contributed by atoms with Gasteiger partial charge in [-0.05, 0) is 84.8 Å². The molecule has 0 aromatic carbocycles. The van der Waals surface area contributed by atoms with Crippen LogP contribution in [0.25, 0.3) is 0 Å². The minimum absolute atomic E-state index is 0.0350. The first-order valence-electron chi connectivity index (χ1n) is 14.7. The van der Waals surface area contributed by atoms with Gasteiger partial charge in [0, 0.05) is 37.1 Å². The molecular formula is C32H51N5O6. The van der Waals surface area contributed by atoms with Crippen LogP contribution in [-0.4, -0.2) is 65.4 Å². The van der Waals surface area contributed by atoms with Crippen LogP contribution in [0.5, 0.6) is 0 Å². The summed E-state index contributed by atoms with van der Waals surface area (Å²) >= 11 is 0. The van der Waals surface area contributed by atoms with E-state index < -0.39 is 35.2 Å². The molecule has 0 unspecified atom stereocenters. The normalized spacial score (nSPS) is 13.1. The fourth-order valence-electron chi connectivity index (χ4n) is 4.02. The standard InChI is InChI=1S/C32H51N5O6/c1-11-22-37(23-17-20-33-21-18-23)29(41)34-19-13-12-14-25(30(2,3)4)36-28(40)35-24(27(39)43-32(8,9)10)15-16-26(38)42-31(5,6)7/h1,17-18,20-21,24-25H,12-16,19,22H2,2-10H3,(H,34,41)(H2,35,36,40)/t24-,25-/m0/s1. The van der Waals surface area contributed by atoms with Gasteiger partial charge in [0.2, 0.25) is 0 Å². The molecule has 0 fully saturated rings. The highest BCUT2D eigenvalue weighted by Gasteiger charge is 2.31. The third kappa shape index (κ3) is 15.8. The predicted octanol–water partition coefficient (Wildman–Crippen LogP) is 4.95. The molecule has 0 aliphatic rings.